The van der Waals surface area contributed by atoms with E-state index in [4.69, 9.17) is 21.6 Å². The van der Waals surface area contributed by atoms with Gasteiger partial charge < -0.3 is 5.32 Å². The van der Waals surface area contributed by atoms with Crippen molar-refractivity contribution in [3.05, 3.63) is 58.9 Å². The number of rotatable bonds is 2. The van der Waals surface area contributed by atoms with Gasteiger partial charge in [-0.05, 0) is 38.1 Å². The fraction of sp³-hybridized carbons (Fsp3) is 0.300. The first-order chi connectivity index (χ1) is 13.5. The molecule has 0 bridgehead atoms. The predicted molar refractivity (Wildman–Crippen MR) is 109 cm³/mol. The number of nitrogens with one attached hydrogen (secondary N) is 1. The van der Waals surface area contributed by atoms with E-state index < -0.39 is 6.17 Å². The summed E-state index contributed by atoms with van der Waals surface area (Å²) >= 11 is 5.97. The summed E-state index contributed by atoms with van der Waals surface area (Å²) < 4.78 is 16.8. The van der Waals surface area contributed by atoms with Crippen molar-refractivity contribution >= 4 is 34.5 Å². The van der Waals surface area contributed by atoms with Crippen molar-refractivity contribution in [1.29, 1.82) is 0 Å². The molecular formula is C20H20ClFN6. The molecule has 5 rings (SSSR count). The van der Waals surface area contributed by atoms with Gasteiger partial charge in [0.1, 0.15) is 12.0 Å². The number of aromatic nitrogens is 2. The molecule has 0 radical (unpaired) electrons. The summed E-state index contributed by atoms with van der Waals surface area (Å²) in [6.07, 6.45) is -0.458. The van der Waals surface area contributed by atoms with E-state index in [1.54, 1.807) is 12.1 Å². The molecule has 144 valence electrons. The predicted octanol–water partition coefficient (Wildman–Crippen LogP) is 3.78. The Morgan fingerprint density at radius 1 is 1.21 bits per heavy atom. The minimum absolute atomic E-state index is 0.356. The second kappa shape index (κ2) is 6.46. The minimum Gasteiger partial charge on any atom is -0.331 e. The van der Waals surface area contributed by atoms with Crippen LogP contribution in [0.2, 0.25) is 5.02 Å². The lowest BCUT2D eigenvalue weighted by Gasteiger charge is -2.42. The van der Waals surface area contributed by atoms with E-state index >= 15 is 0 Å². The van der Waals surface area contributed by atoms with Gasteiger partial charge in [0.2, 0.25) is 11.9 Å². The second-order valence-electron chi connectivity index (χ2n) is 7.36. The number of anilines is 1. The molecule has 1 N–H and O–H groups in total. The van der Waals surface area contributed by atoms with E-state index in [2.05, 4.69) is 24.1 Å². The number of hydrogen-bond donors (Lipinski definition) is 1. The molecule has 6 nitrogen and oxygen atoms in total. The van der Waals surface area contributed by atoms with Crippen LogP contribution in [0.25, 0.3) is 11.0 Å². The lowest BCUT2D eigenvalue weighted by Crippen LogP contribution is -2.58. The Hall–Kier alpha value is -2.64. The number of imidazole rings is 1. The third-order valence-corrected chi connectivity index (χ3v) is 5.55. The van der Waals surface area contributed by atoms with Crippen molar-refractivity contribution in [2.75, 3.05) is 18.2 Å². The number of fused-ring (bicyclic) bond motifs is 5. The molecule has 0 saturated heterocycles. The van der Waals surface area contributed by atoms with Crippen LogP contribution in [0.4, 0.5) is 10.3 Å². The van der Waals surface area contributed by atoms with Crippen molar-refractivity contribution in [3.63, 3.8) is 0 Å². The van der Waals surface area contributed by atoms with E-state index in [0.717, 1.165) is 17.0 Å². The maximum atomic E-state index is 14.8. The van der Waals surface area contributed by atoms with Crippen molar-refractivity contribution < 1.29 is 4.39 Å². The van der Waals surface area contributed by atoms with E-state index in [1.165, 1.54) is 6.07 Å². The molecule has 2 aliphatic rings. The van der Waals surface area contributed by atoms with Crippen LogP contribution in [-0.4, -0.2) is 39.8 Å². The van der Waals surface area contributed by atoms with Gasteiger partial charge in [0.05, 0.1) is 24.4 Å². The molecule has 0 aliphatic carbocycles. The highest BCUT2D eigenvalue weighted by atomic mass is 35.5. The van der Waals surface area contributed by atoms with Crippen LogP contribution >= 0.6 is 11.6 Å². The Labute approximate surface area is 167 Å². The normalized spacial score (nSPS) is 19.4. The average molecular weight is 399 g/mol. The van der Waals surface area contributed by atoms with Crippen LogP contribution in [0.3, 0.4) is 0 Å². The number of benzene rings is 2. The van der Waals surface area contributed by atoms with Gasteiger partial charge in [-0.3, -0.25) is 14.4 Å². The highest BCUT2D eigenvalue weighted by Gasteiger charge is 2.37. The molecule has 2 aliphatic heterocycles. The fourth-order valence-corrected chi connectivity index (χ4v) is 3.91. The molecule has 3 aromatic rings. The zero-order valence-electron chi connectivity index (χ0n) is 15.6. The molecule has 3 heterocycles. The monoisotopic (exact) mass is 398 g/mol. The van der Waals surface area contributed by atoms with Gasteiger partial charge in [0.15, 0.2) is 0 Å². The molecule has 0 fully saturated rings. The summed E-state index contributed by atoms with van der Waals surface area (Å²) in [6.45, 7) is 5.55. The van der Waals surface area contributed by atoms with Crippen LogP contribution < -0.4 is 10.2 Å². The Morgan fingerprint density at radius 2 is 2.04 bits per heavy atom. The Balaban J connectivity index is 1.71. The molecule has 8 heteroatoms. The van der Waals surface area contributed by atoms with Gasteiger partial charge in [-0.15, -0.1) is 0 Å². The van der Waals surface area contributed by atoms with Crippen LogP contribution in [0.5, 0.6) is 0 Å². The first kappa shape index (κ1) is 17.5. The maximum Gasteiger partial charge on any atom is 0.216 e. The Bertz CT molecular complexity index is 1090. The van der Waals surface area contributed by atoms with E-state index in [0.29, 0.717) is 35.9 Å². The van der Waals surface area contributed by atoms with Crippen molar-refractivity contribution in [2.24, 2.45) is 4.99 Å². The smallest absolute Gasteiger partial charge is 0.216 e. The summed E-state index contributed by atoms with van der Waals surface area (Å²) in [4.78, 5) is 13.8. The number of hydrogen-bond acceptors (Lipinski definition) is 5. The third-order valence-electron chi connectivity index (χ3n) is 5.31. The first-order valence-corrected chi connectivity index (χ1v) is 9.65. The van der Waals surface area contributed by atoms with Gasteiger partial charge >= 0.3 is 0 Å². The first-order valence-electron chi connectivity index (χ1n) is 9.27. The Morgan fingerprint density at radius 3 is 2.82 bits per heavy atom. The summed E-state index contributed by atoms with van der Waals surface area (Å²) in [5.74, 6) is 1.10. The number of aliphatic imine (C=N–C) groups is 1. The molecule has 1 atom stereocenters. The standard InChI is InChI=1S/C20H20ClFN6/c1-12(2)26-10-23-19-25-18(14-8-7-13(21)9-15(14)22)28-17-6-4-3-5-16(17)24-20(28)27(19)11-26/h3-9,12,18H,10-11H2,1-2H3,(H,23,25)/t18-/m0/s1. The highest BCUT2D eigenvalue weighted by Crippen LogP contribution is 2.35. The number of nitrogens with zero attached hydrogens (tertiary/aromatic N) is 5. The number of halogens is 2. The van der Waals surface area contributed by atoms with Crippen LogP contribution in [-0.2, 0) is 0 Å². The van der Waals surface area contributed by atoms with Gasteiger partial charge in [-0.2, -0.15) is 0 Å². The average Bonchev–Trinajstić information content (AvgIpc) is 3.07. The molecule has 1 aromatic heterocycles. The summed E-state index contributed by atoms with van der Waals surface area (Å²) in [6, 6.07) is 13.0. The summed E-state index contributed by atoms with van der Waals surface area (Å²) in [5, 5.41) is 3.79. The van der Waals surface area contributed by atoms with E-state index in [9.17, 15) is 4.39 Å². The topological polar surface area (TPSA) is 48.7 Å². The molecule has 0 unspecified atom stereocenters. The quantitative estimate of drug-likeness (QED) is 0.713. The number of para-hydroxylation sites is 2. The fourth-order valence-electron chi connectivity index (χ4n) is 3.75. The van der Waals surface area contributed by atoms with Crippen molar-refractivity contribution in [1.82, 2.24) is 19.8 Å². The lowest BCUT2D eigenvalue weighted by molar-refractivity contribution is 0.221. The number of guanidine groups is 1. The summed E-state index contributed by atoms with van der Waals surface area (Å²) in [5.41, 5.74) is 2.30. The van der Waals surface area contributed by atoms with Gasteiger partial charge in [-0.1, -0.05) is 29.8 Å². The molecule has 0 saturated carbocycles. The SMILES string of the molecule is CC(C)N1CN=C2N[C@H](c3ccc(Cl)cc3F)n3c(nc4ccccc43)N2C1. The second-order valence-corrected chi connectivity index (χ2v) is 7.79. The van der Waals surface area contributed by atoms with E-state index in [1.807, 2.05) is 33.7 Å². The van der Waals surface area contributed by atoms with Crippen LogP contribution in [0.15, 0.2) is 47.5 Å². The van der Waals surface area contributed by atoms with E-state index in [-0.39, 0.29) is 5.82 Å². The molecule has 28 heavy (non-hydrogen) atoms. The highest BCUT2D eigenvalue weighted by molar-refractivity contribution is 6.30. The zero-order chi connectivity index (χ0) is 19.4. The molecular weight excluding hydrogens is 379 g/mol. The third kappa shape index (κ3) is 2.65. The minimum atomic E-state index is -0.458. The zero-order valence-corrected chi connectivity index (χ0v) is 16.4. The Kier molecular flexibility index (Phi) is 4.03. The molecule has 0 spiro atoms. The van der Waals surface area contributed by atoms with Gasteiger partial charge in [0.25, 0.3) is 0 Å². The summed E-state index contributed by atoms with van der Waals surface area (Å²) in [7, 11) is 0. The van der Waals surface area contributed by atoms with Crippen LogP contribution in [0.1, 0.15) is 25.6 Å². The lowest BCUT2D eigenvalue weighted by atomic mass is 10.1. The van der Waals surface area contributed by atoms with Gasteiger partial charge in [-0.25, -0.2) is 14.4 Å². The van der Waals surface area contributed by atoms with Crippen LogP contribution in [0, 0.1) is 5.82 Å². The van der Waals surface area contributed by atoms with Crippen molar-refractivity contribution in [3.8, 4) is 0 Å². The largest absolute Gasteiger partial charge is 0.331 e. The van der Waals surface area contributed by atoms with Crippen molar-refractivity contribution in [2.45, 2.75) is 26.1 Å². The van der Waals surface area contributed by atoms with Gasteiger partial charge in [0, 0.05) is 16.6 Å². The maximum absolute atomic E-state index is 14.8. The molecule has 0 amide bonds. The molecule has 2 aromatic carbocycles.